The molecule has 0 bridgehead atoms. The van der Waals surface area contributed by atoms with Crippen LogP contribution in [0.15, 0.2) is 23.1 Å². The molecule has 0 fully saturated rings. The number of benzene rings is 1. The van der Waals surface area contributed by atoms with Crippen LogP contribution in [0.5, 0.6) is 0 Å². The van der Waals surface area contributed by atoms with Gasteiger partial charge in [-0.25, -0.2) is 13.1 Å². The number of rotatable bonds is 6. The summed E-state index contributed by atoms with van der Waals surface area (Å²) in [6.45, 7) is 1.59. The van der Waals surface area contributed by atoms with E-state index in [4.69, 9.17) is 10.8 Å². The van der Waals surface area contributed by atoms with Gasteiger partial charge in [0, 0.05) is 24.9 Å². The van der Waals surface area contributed by atoms with Crippen molar-refractivity contribution in [2.24, 2.45) is 5.73 Å². The van der Waals surface area contributed by atoms with Crippen molar-refractivity contribution in [1.29, 1.82) is 0 Å². The second-order valence-electron chi connectivity index (χ2n) is 4.37. The second-order valence-corrected chi connectivity index (χ2v) is 6.11. The number of aliphatic hydroxyl groups excluding tert-OH is 1. The zero-order chi connectivity index (χ0) is 15.9. The standard InChI is InChI=1S/C14H18N2O4S/c1-11-5-6-12(4-2-3-9-17)10-13(11)21(19,20)16-8-7-14(15)18/h5-6,10,16-17H,3,7-9H2,1H3,(H2,15,18). The summed E-state index contributed by atoms with van der Waals surface area (Å²) in [6, 6.07) is 4.83. The average Bonchev–Trinajstić information content (AvgIpc) is 2.40. The third-order valence-corrected chi connectivity index (χ3v) is 4.21. The predicted octanol–water partition coefficient (Wildman–Crippen LogP) is -0.117. The molecule has 0 spiro atoms. The van der Waals surface area contributed by atoms with Crippen LogP contribution in [-0.4, -0.2) is 32.6 Å². The van der Waals surface area contributed by atoms with Gasteiger partial charge in [-0.2, -0.15) is 0 Å². The molecule has 21 heavy (non-hydrogen) atoms. The van der Waals surface area contributed by atoms with Crippen LogP contribution in [0.1, 0.15) is 24.0 Å². The number of sulfonamides is 1. The maximum absolute atomic E-state index is 12.2. The number of aliphatic hydroxyl groups is 1. The minimum atomic E-state index is -3.71. The lowest BCUT2D eigenvalue weighted by molar-refractivity contribution is -0.117. The van der Waals surface area contributed by atoms with Crippen molar-refractivity contribution in [2.75, 3.05) is 13.2 Å². The van der Waals surface area contributed by atoms with E-state index in [-0.39, 0.29) is 24.5 Å². The van der Waals surface area contributed by atoms with E-state index >= 15 is 0 Å². The van der Waals surface area contributed by atoms with Gasteiger partial charge < -0.3 is 10.8 Å². The highest BCUT2D eigenvalue weighted by Gasteiger charge is 2.16. The van der Waals surface area contributed by atoms with Crippen LogP contribution in [0.2, 0.25) is 0 Å². The van der Waals surface area contributed by atoms with Crippen molar-refractivity contribution in [1.82, 2.24) is 4.72 Å². The first-order valence-electron chi connectivity index (χ1n) is 6.35. The number of amides is 1. The monoisotopic (exact) mass is 310 g/mol. The number of nitrogens with one attached hydrogen (secondary N) is 1. The molecule has 0 aliphatic rings. The smallest absolute Gasteiger partial charge is 0.240 e. The van der Waals surface area contributed by atoms with E-state index in [9.17, 15) is 13.2 Å². The third kappa shape index (κ3) is 5.55. The van der Waals surface area contributed by atoms with Crippen LogP contribution in [0, 0.1) is 18.8 Å². The number of nitrogens with two attached hydrogens (primary N) is 1. The summed E-state index contributed by atoms with van der Waals surface area (Å²) in [5, 5.41) is 8.67. The Bertz CT molecular complexity index is 672. The number of carbonyl (C=O) groups is 1. The number of carbonyl (C=O) groups excluding carboxylic acids is 1. The number of hydrogen-bond donors (Lipinski definition) is 3. The molecule has 0 saturated heterocycles. The number of primary amides is 1. The summed E-state index contributed by atoms with van der Waals surface area (Å²) in [5.41, 5.74) is 6.09. The van der Waals surface area contributed by atoms with Gasteiger partial charge in [0.1, 0.15) is 0 Å². The molecule has 114 valence electrons. The Morgan fingerprint density at radius 2 is 2.14 bits per heavy atom. The summed E-state index contributed by atoms with van der Waals surface area (Å²) in [5.74, 6) is 4.94. The van der Waals surface area contributed by atoms with Crippen molar-refractivity contribution in [2.45, 2.75) is 24.7 Å². The molecule has 1 rings (SSSR count). The topological polar surface area (TPSA) is 109 Å². The van der Waals surface area contributed by atoms with Gasteiger partial charge >= 0.3 is 0 Å². The Kier molecular flexibility index (Phi) is 6.37. The lowest BCUT2D eigenvalue weighted by atomic mass is 10.1. The molecule has 0 radical (unpaired) electrons. The van der Waals surface area contributed by atoms with Crippen LogP contribution in [0.4, 0.5) is 0 Å². The lowest BCUT2D eigenvalue weighted by Gasteiger charge is -2.09. The van der Waals surface area contributed by atoms with Crippen LogP contribution >= 0.6 is 0 Å². The first-order valence-corrected chi connectivity index (χ1v) is 7.83. The quantitative estimate of drug-likeness (QED) is 0.636. The van der Waals surface area contributed by atoms with Crippen molar-refractivity contribution in [3.8, 4) is 11.8 Å². The zero-order valence-corrected chi connectivity index (χ0v) is 12.5. The molecule has 4 N–H and O–H groups in total. The van der Waals surface area contributed by atoms with Gasteiger partial charge in [-0.3, -0.25) is 4.79 Å². The van der Waals surface area contributed by atoms with E-state index in [1.165, 1.54) is 6.07 Å². The summed E-state index contributed by atoms with van der Waals surface area (Å²) in [7, 11) is -3.71. The Hall–Kier alpha value is -1.88. The fourth-order valence-electron chi connectivity index (χ4n) is 1.57. The minimum Gasteiger partial charge on any atom is -0.395 e. The molecular weight excluding hydrogens is 292 g/mol. The van der Waals surface area contributed by atoms with Gasteiger partial charge in [-0.05, 0) is 24.6 Å². The van der Waals surface area contributed by atoms with Crippen molar-refractivity contribution >= 4 is 15.9 Å². The molecule has 0 unspecified atom stereocenters. The van der Waals surface area contributed by atoms with E-state index in [0.29, 0.717) is 17.5 Å². The Morgan fingerprint density at radius 1 is 1.43 bits per heavy atom. The fraction of sp³-hybridized carbons (Fsp3) is 0.357. The summed E-state index contributed by atoms with van der Waals surface area (Å²) in [6.07, 6.45) is 0.265. The molecule has 0 aromatic heterocycles. The van der Waals surface area contributed by atoms with Crippen LogP contribution < -0.4 is 10.5 Å². The highest BCUT2D eigenvalue weighted by atomic mass is 32.2. The van der Waals surface area contributed by atoms with Crippen molar-refractivity contribution in [3.63, 3.8) is 0 Å². The molecule has 1 aromatic carbocycles. The number of hydrogen-bond acceptors (Lipinski definition) is 4. The van der Waals surface area contributed by atoms with Gasteiger partial charge in [0.25, 0.3) is 0 Å². The molecular formula is C14H18N2O4S. The van der Waals surface area contributed by atoms with Crippen molar-refractivity contribution in [3.05, 3.63) is 29.3 Å². The highest BCUT2D eigenvalue weighted by Crippen LogP contribution is 2.16. The summed E-state index contributed by atoms with van der Waals surface area (Å²) >= 11 is 0. The third-order valence-electron chi connectivity index (χ3n) is 2.61. The average molecular weight is 310 g/mol. The summed E-state index contributed by atoms with van der Waals surface area (Å²) in [4.78, 5) is 10.8. The van der Waals surface area contributed by atoms with Gasteiger partial charge in [0.15, 0.2) is 0 Å². The molecule has 1 aromatic rings. The molecule has 0 saturated carbocycles. The van der Waals surface area contributed by atoms with Crippen LogP contribution in [0.3, 0.4) is 0 Å². The van der Waals surface area contributed by atoms with Gasteiger partial charge in [0.05, 0.1) is 11.5 Å². The molecule has 0 atom stereocenters. The van der Waals surface area contributed by atoms with E-state index in [0.717, 1.165) is 0 Å². The van der Waals surface area contributed by atoms with E-state index < -0.39 is 15.9 Å². The number of aryl methyl sites for hydroxylation is 1. The summed E-state index contributed by atoms with van der Waals surface area (Å²) < 4.78 is 26.7. The predicted molar refractivity (Wildman–Crippen MR) is 78.8 cm³/mol. The van der Waals surface area contributed by atoms with Crippen molar-refractivity contribution < 1.29 is 18.3 Å². The van der Waals surface area contributed by atoms with Gasteiger partial charge in [-0.15, -0.1) is 0 Å². The molecule has 0 heterocycles. The zero-order valence-electron chi connectivity index (χ0n) is 11.7. The largest absolute Gasteiger partial charge is 0.395 e. The van der Waals surface area contributed by atoms with Gasteiger partial charge in [-0.1, -0.05) is 17.9 Å². The lowest BCUT2D eigenvalue weighted by Crippen LogP contribution is -2.28. The fourth-order valence-corrected chi connectivity index (χ4v) is 2.87. The maximum atomic E-state index is 12.2. The molecule has 6 nitrogen and oxygen atoms in total. The Morgan fingerprint density at radius 3 is 2.76 bits per heavy atom. The van der Waals surface area contributed by atoms with E-state index in [1.807, 2.05) is 0 Å². The SMILES string of the molecule is Cc1ccc(C#CCCO)cc1S(=O)(=O)NCCC(N)=O. The Balaban J connectivity index is 2.97. The highest BCUT2D eigenvalue weighted by molar-refractivity contribution is 7.89. The maximum Gasteiger partial charge on any atom is 0.240 e. The van der Waals surface area contributed by atoms with Gasteiger partial charge in [0.2, 0.25) is 15.9 Å². The Labute approximate surface area is 124 Å². The molecule has 0 aliphatic carbocycles. The normalized spacial score (nSPS) is 10.8. The van der Waals surface area contributed by atoms with Crippen LogP contribution in [-0.2, 0) is 14.8 Å². The van der Waals surface area contributed by atoms with Crippen LogP contribution in [0.25, 0.3) is 0 Å². The molecule has 7 heteroatoms. The molecule has 1 amide bonds. The first kappa shape index (κ1) is 17.2. The minimum absolute atomic E-state index is 0.0430. The molecule has 0 aliphatic heterocycles. The van der Waals surface area contributed by atoms with E-state index in [1.54, 1.807) is 19.1 Å². The van der Waals surface area contributed by atoms with E-state index in [2.05, 4.69) is 16.6 Å². The first-order chi connectivity index (χ1) is 9.86. The second kappa shape index (κ2) is 7.78.